The Labute approximate surface area is 102 Å². The second-order valence-electron chi connectivity index (χ2n) is 4.40. The standard InChI is InChI=1S/C12H11N3O3/c16-11-8(10(14-15-11)6-1-2-6)5-7-3-4-9(13-7)12(17)18/h3-6,13H,1-2H2,(H,15,16)(H,17,18). The Hall–Kier alpha value is -2.37. The van der Waals surface area contributed by atoms with Crippen molar-refractivity contribution in [2.75, 3.05) is 0 Å². The molecule has 0 saturated heterocycles. The highest BCUT2D eigenvalue weighted by Gasteiger charge is 2.35. The molecule has 1 aromatic rings. The number of carbonyl (C=O) groups excluding carboxylic acids is 1. The van der Waals surface area contributed by atoms with Gasteiger partial charge in [-0.05, 0) is 31.1 Å². The van der Waals surface area contributed by atoms with E-state index in [-0.39, 0.29) is 11.6 Å². The molecule has 0 spiro atoms. The largest absolute Gasteiger partial charge is 0.477 e. The van der Waals surface area contributed by atoms with Crippen molar-refractivity contribution in [3.63, 3.8) is 0 Å². The number of hydrazone groups is 1. The van der Waals surface area contributed by atoms with Crippen molar-refractivity contribution in [1.29, 1.82) is 0 Å². The summed E-state index contributed by atoms with van der Waals surface area (Å²) in [6, 6.07) is 3.10. The van der Waals surface area contributed by atoms with E-state index in [4.69, 9.17) is 5.11 Å². The van der Waals surface area contributed by atoms with Gasteiger partial charge in [0.2, 0.25) is 0 Å². The quantitative estimate of drug-likeness (QED) is 0.693. The molecule has 1 aromatic heterocycles. The van der Waals surface area contributed by atoms with Crippen LogP contribution in [0.3, 0.4) is 0 Å². The van der Waals surface area contributed by atoms with Crippen LogP contribution in [0.25, 0.3) is 6.08 Å². The Morgan fingerprint density at radius 2 is 2.22 bits per heavy atom. The van der Waals surface area contributed by atoms with Gasteiger partial charge in [0.05, 0.1) is 11.3 Å². The van der Waals surface area contributed by atoms with E-state index >= 15 is 0 Å². The number of carboxylic acids is 1. The molecule has 6 nitrogen and oxygen atoms in total. The molecule has 0 radical (unpaired) electrons. The summed E-state index contributed by atoms with van der Waals surface area (Å²) < 4.78 is 0. The minimum atomic E-state index is -1.02. The third-order valence-corrected chi connectivity index (χ3v) is 3.00. The van der Waals surface area contributed by atoms with E-state index in [1.165, 1.54) is 6.07 Å². The summed E-state index contributed by atoms with van der Waals surface area (Å²) in [6.45, 7) is 0. The number of aromatic carboxylic acids is 1. The molecule has 2 aliphatic rings. The molecule has 6 heteroatoms. The topological polar surface area (TPSA) is 94.6 Å². The summed E-state index contributed by atoms with van der Waals surface area (Å²) in [5, 5.41) is 12.8. The normalized spacial score (nSPS) is 21.0. The third kappa shape index (κ3) is 1.81. The molecule has 92 valence electrons. The number of hydrogen-bond donors (Lipinski definition) is 3. The molecule has 0 aromatic carbocycles. The molecule has 0 atom stereocenters. The van der Waals surface area contributed by atoms with Crippen LogP contribution in [-0.2, 0) is 4.79 Å². The second-order valence-corrected chi connectivity index (χ2v) is 4.40. The van der Waals surface area contributed by atoms with Gasteiger partial charge in [-0.25, -0.2) is 10.2 Å². The number of hydrogen-bond acceptors (Lipinski definition) is 3. The molecule has 1 saturated carbocycles. The monoisotopic (exact) mass is 245 g/mol. The number of H-pyrrole nitrogens is 1. The van der Waals surface area contributed by atoms with E-state index in [9.17, 15) is 9.59 Å². The SMILES string of the molecule is O=C1NN=C(C2CC2)C1=Cc1ccc(C(=O)O)[nH]1. The summed E-state index contributed by atoms with van der Waals surface area (Å²) in [7, 11) is 0. The zero-order valence-electron chi connectivity index (χ0n) is 9.43. The number of amides is 1. The highest BCUT2D eigenvalue weighted by Crippen LogP contribution is 2.35. The summed E-state index contributed by atoms with van der Waals surface area (Å²) in [5.74, 6) is -0.890. The molecule has 0 unspecified atom stereocenters. The third-order valence-electron chi connectivity index (χ3n) is 3.00. The highest BCUT2D eigenvalue weighted by molar-refractivity contribution is 6.28. The molecule has 3 rings (SSSR count). The number of aromatic nitrogens is 1. The number of rotatable bonds is 3. The maximum atomic E-state index is 11.6. The van der Waals surface area contributed by atoms with Gasteiger partial charge < -0.3 is 10.1 Å². The molecule has 3 N–H and O–H groups in total. The van der Waals surface area contributed by atoms with Crippen molar-refractivity contribution in [3.05, 3.63) is 29.1 Å². The number of carboxylic acid groups (broad SMARTS) is 1. The van der Waals surface area contributed by atoms with E-state index in [0.29, 0.717) is 17.2 Å². The lowest BCUT2D eigenvalue weighted by Crippen LogP contribution is -2.13. The summed E-state index contributed by atoms with van der Waals surface area (Å²) in [5.41, 5.74) is 4.44. The summed E-state index contributed by atoms with van der Waals surface area (Å²) in [4.78, 5) is 25.1. The Morgan fingerprint density at radius 1 is 1.44 bits per heavy atom. The first kappa shape index (κ1) is 10.8. The van der Waals surface area contributed by atoms with Crippen LogP contribution in [0.5, 0.6) is 0 Å². The molecule has 2 heterocycles. The van der Waals surface area contributed by atoms with Gasteiger partial charge in [0.1, 0.15) is 5.69 Å². The Kier molecular flexibility index (Phi) is 2.29. The number of nitrogens with zero attached hydrogens (tertiary/aromatic N) is 1. The zero-order valence-corrected chi connectivity index (χ0v) is 9.43. The lowest BCUT2D eigenvalue weighted by molar-refractivity contribution is -0.116. The van der Waals surface area contributed by atoms with Crippen molar-refractivity contribution in [2.45, 2.75) is 12.8 Å². The first-order chi connectivity index (χ1) is 8.65. The lowest BCUT2D eigenvalue weighted by Gasteiger charge is -1.97. The van der Waals surface area contributed by atoms with Crippen LogP contribution in [-0.4, -0.2) is 27.7 Å². The molecule has 18 heavy (non-hydrogen) atoms. The van der Waals surface area contributed by atoms with Gasteiger partial charge in [-0.2, -0.15) is 5.10 Å². The van der Waals surface area contributed by atoms with Crippen molar-refractivity contribution in [2.24, 2.45) is 11.0 Å². The number of nitrogens with one attached hydrogen (secondary N) is 2. The van der Waals surface area contributed by atoms with Crippen LogP contribution in [0.1, 0.15) is 29.0 Å². The van der Waals surface area contributed by atoms with Crippen molar-refractivity contribution in [3.8, 4) is 0 Å². The molecule has 0 bridgehead atoms. The Morgan fingerprint density at radius 3 is 2.83 bits per heavy atom. The molecule has 1 fully saturated rings. The molecular formula is C12H11N3O3. The number of carbonyl (C=O) groups is 2. The van der Waals surface area contributed by atoms with Crippen molar-refractivity contribution in [1.82, 2.24) is 10.4 Å². The Bertz CT molecular complexity index is 593. The van der Waals surface area contributed by atoms with Crippen LogP contribution in [0.2, 0.25) is 0 Å². The van der Waals surface area contributed by atoms with Gasteiger partial charge in [0, 0.05) is 11.6 Å². The van der Waals surface area contributed by atoms with E-state index in [0.717, 1.165) is 18.6 Å². The molecule has 1 aliphatic heterocycles. The zero-order chi connectivity index (χ0) is 12.7. The highest BCUT2D eigenvalue weighted by atomic mass is 16.4. The van der Waals surface area contributed by atoms with E-state index in [1.807, 2.05) is 0 Å². The maximum absolute atomic E-state index is 11.6. The van der Waals surface area contributed by atoms with Gasteiger partial charge in [-0.3, -0.25) is 4.79 Å². The smallest absolute Gasteiger partial charge is 0.352 e. The van der Waals surface area contributed by atoms with E-state index < -0.39 is 5.97 Å². The first-order valence-electron chi connectivity index (χ1n) is 5.67. The predicted molar refractivity (Wildman–Crippen MR) is 64.0 cm³/mol. The Balaban J connectivity index is 1.91. The molecule has 1 amide bonds. The maximum Gasteiger partial charge on any atom is 0.352 e. The molecular weight excluding hydrogens is 234 g/mol. The fraction of sp³-hybridized carbons (Fsp3) is 0.250. The van der Waals surface area contributed by atoms with Crippen LogP contribution in [0.15, 0.2) is 22.8 Å². The average molecular weight is 245 g/mol. The fourth-order valence-corrected chi connectivity index (χ4v) is 1.93. The minimum absolute atomic E-state index is 0.102. The van der Waals surface area contributed by atoms with Crippen molar-refractivity contribution >= 4 is 23.7 Å². The van der Waals surface area contributed by atoms with Gasteiger partial charge in [-0.15, -0.1) is 0 Å². The average Bonchev–Trinajstić information content (AvgIpc) is 2.95. The van der Waals surface area contributed by atoms with E-state index in [2.05, 4.69) is 15.5 Å². The second kappa shape index (κ2) is 3.83. The van der Waals surface area contributed by atoms with Crippen LogP contribution >= 0.6 is 0 Å². The van der Waals surface area contributed by atoms with Gasteiger partial charge in [-0.1, -0.05) is 0 Å². The minimum Gasteiger partial charge on any atom is -0.477 e. The summed E-state index contributed by atoms with van der Waals surface area (Å²) >= 11 is 0. The molecule has 1 aliphatic carbocycles. The van der Waals surface area contributed by atoms with Gasteiger partial charge >= 0.3 is 5.97 Å². The van der Waals surface area contributed by atoms with Crippen LogP contribution in [0.4, 0.5) is 0 Å². The summed E-state index contributed by atoms with van der Waals surface area (Å²) in [6.07, 6.45) is 3.75. The number of aromatic amines is 1. The predicted octanol–water partition coefficient (Wildman–Crippen LogP) is 0.992. The fourth-order valence-electron chi connectivity index (χ4n) is 1.93. The van der Waals surface area contributed by atoms with Gasteiger partial charge in [0.15, 0.2) is 0 Å². The van der Waals surface area contributed by atoms with E-state index in [1.54, 1.807) is 12.1 Å². The van der Waals surface area contributed by atoms with Crippen LogP contribution < -0.4 is 5.43 Å². The van der Waals surface area contributed by atoms with Crippen molar-refractivity contribution < 1.29 is 14.7 Å². The lowest BCUT2D eigenvalue weighted by atomic mass is 10.1. The first-order valence-corrected chi connectivity index (χ1v) is 5.67. The van der Waals surface area contributed by atoms with Gasteiger partial charge in [0.25, 0.3) is 5.91 Å². The van der Waals surface area contributed by atoms with Crippen LogP contribution in [0, 0.1) is 5.92 Å².